The second kappa shape index (κ2) is 6.12. The van der Waals surface area contributed by atoms with Gasteiger partial charge in [0.05, 0.1) is 12.6 Å². The Labute approximate surface area is 123 Å². The molecular weight excluding hydrogens is 271 g/mol. The Bertz CT molecular complexity index is 613. The highest BCUT2D eigenvalue weighted by Crippen LogP contribution is 2.24. The molecule has 21 heavy (non-hydrogen) atoms. The summed E-state index contributed by atoms with van der Waals surface area (Å²) in [5, 5.41) is 10.2. The molecule has 2 unspecified atom stereocenters. The minimum atomic E-state index is -0.313. The molecule has 2 heterocycles. The number of aliphatic hydroxyl groups is 1. The van der Waals surface area contributed by atoms with Crippen LogP contribution in [0.2, 0.25) is 0 Å². The molecule has 1 aromatic carbocycles. The lowest BCUT2D eigenvalue weighted by molar-refractivity contribution is 0.0157. The van der Waals surface area contributed by atoms with Crippen LogP contribution in [0.5, 0.6) is 0 Å². The molecule has 0 bridgehead atoms. The largest absolute Gasteiger partial charge is 0.439 e. The van der Waals surface area contributed by atoms with E-state index in [0.717, 1.165) is 32.2 Å². The van der Waals surface area contributed by atoms with E-state index in [0.29, 0.717) is 23.5 Å². The predicted molar refractivity (Wildman–Crippen MR) is 78.3 cm³/mol. The molecule has 1 aromatic heterocycles. The topological polar surface area (TPSA) is 49.5 Å². The van der Waals surface area contributed by atoms with Crippen LogP contribution >= 0.6 is 0 Å². The number of benzene rings is 1. The van der Waals surface area contributed by atoms with Gasteiger partial charge in [0.25, 0.3) is 0 Å². The molecule has 114 valence electrons. The third-order valence-electron chi connectivity index (χ3n) is 4.26. The van der Waals surface area contributed by atoms with Crippen molar-refractivity contribution in [2.24, 2.45) is 0 Å². The molecule has 0 amide bonds. The van der Waals surface area contributed by atoms with Crippen molar-refractivity contribution in [2.75, 3.05) is 6.54 Å². The normalized spacial score (nSPS) is 21.8. The van der Waals surface area contributed by atoms with Crippen molar-refractivity contribution in [3.63, 3.8) is 0 Å². The van der Waals surface area contributed by atoms with Crippen molar-refractivity contribution in [1.82, 2.24) is 9.88 Å². The van der Waals surface area contributed by atoms with Gasteiger partial charge in [0.1, 0.15) is 11.3 Å². The number of nitrogens with zero attached hydrogens (tertiary/aromatic N) is 2. The van der Waals surface area contributed by atoms with Gasteiger partial charge < -0.3 is 9.52 Å². The zero-order valence-corrected chi connectivity index (χ0v) is 12.3. The Morgan fingerprint density at radius 3 is 3.14 bits per heavy atom. The molecule has 2 aromatic rings. The van der Waals surface area contributed by atoms with Gasteiger partial charge >= 0.3 is 0 Å². The first-order valence-corrected chi connectivity index (χ1v) is 7.64. The summed E-state index contributed by atoms with van der Waals surface area (Å²) in [7, 11) is 0. The molecule has 0 radical (unpaired) electrons. The van der Waals surface area contributed by atoms with Crippen molar-refractivity contribution >= 4 is 11.1 Å². The fourth-order valence-electron chi connectivity index (χ4n) is 3.11. The number of aromatic nitrogens is 1. The van der Waals surface area contributed by atoms with Gasteiger partial charge in [-0.15, -0.1) is 0 Å². The number of hydrogen-bond donors (Lipinski definition) is 1. The van der Waals surface area contributed by atoms with Crippen molar-refractivity contribution in [2.45, 2.75) is 51.3 Å². The van der Waals surface area contributed by atoms with Crippen LogP contribution in [-0.2, 0) is 6.54 Å². The second-order valence-electron chi connectivity index (χ2n) is 5.73. The highest BCUT2D eigenvalue weighted by Gasteiger charge is 2.28. The molecule has 1 aliphatic heterocycles. The summed E-state index contributed by atoms with van der Waals surface area (Å²) in [5.41, 5.74) is 1.16. The van der Waals surface area contributed by atoms with Gasteiger partial charge in [-0.1, -0.05) is 13.3 Å². The SMILES string of the molecule is CCC(O)C1CCCCN1Cc1nc2cc(F)ccc2o1. The molecule has 0 spiro atoms. The predicted octanol–water partition coefficient (Wildman–Crippen LogP) is 3.09. The van der Waals surface area contributed by atoms with Gasteiger partial charge in [0.15, 0.2) is 5.58 Å². The lowest BCUT2D eigenvalue weighted by Gasteiger charge is -2.37. The fourth-order valence-corrected chi connectivity index (χ4v) is 3.11. The van der Waals surface area contributed by atoms with Crippen LogP contribution in [0.1, 0.15) is 38.5 Å². The van der Waals surface area contributed by atoms with Crippen LogP contribution in [0, 0.1) is 5.82 Å². The summed E-state index contributed by atoms with van der Waals surface area (Å²) >= 11 is 0. The summed E-state index contributed by atoms with van der Waals surface area (Å²) in [6.07, 6.45) is 3.72. The van der Waals surface area contributed by atoms with Crippen molar-refractivity contribution < 1.29 is 13.9 Å². The van der Waals surface area contributed by atoms with Crippen molar-refractivity contribution in [3.05, 3.63) is 29.9 Å². The molecule has 1 saturated heterocycles. The van der Waals surface area contributed by atoms with Crippen molar-refractivity contribution in [1.29, 1.82) is 0 Å². The van der Waals surface area contributed by atoms with E-state index in [1.807, 2.05) is 6.92 Å². The molecule has 2 atom stereocenters. The molecule has 0 aliphatic carbocycles. The van der Waals surface area contributed by atoms with Gasteiger partial charge in [0.2, 0.25) is 5.89 Å². The molecule has 1 N–H and O–H groups in total. The second-order valence-corrected chi connectivity index (χ2v) is 5.73. The maximum atomic E-state index is 13.2. The molecule has 1 fully saturated rings. The van der Waals surface area contributed by atoms with E-state index >= 15 is 0 Å². The quantitative estimate of drug-likeness (QED) is 0.940. The average molecular weight is 292 g/mol. The Morgan fingerprint density at radius 1 is 1.48 bits per heavy atom. The third-order valence-corrected chi connectivity index (χ3v) is 4.26. The molecule has 0 saturated carbocycles. The summed E-state index contributed by atoms with van der Waals surface area (Å²) in [5.74, 6) is 0.283. The Balaban J connectivity index is 1.79. The number of hydrogen-bond acceptors (Lipinski definition) is 4. The van der Waals surface area contributed by atoms with Gasteiger partial charge in [-0.3, -0.25) is 4.90 Å². The zero-order valence-electron chi connectivity index (χ0n) is 12.3. The number of oxazole rings is 1. The molecule has 3 rings (SSSR count). The first kappa shape index (κ1) is 14.5. The molecule has 4 nitrogen and oxygen atoms in total. The fraction of sp³-hybridized carbons (Fsp3) is 0.562. The maximum Gasteiger partial charge on any atom is 0.209 e. The number of aliphatic hydroxyl groups excluding tert-OH is 1. The van der Waals surface area contributed by atoms with Crippen LogP contribution in [0.25, 0.3) is 11.1 Å². The summed E-state index contributed by atoms with van der Waals surface area (Å²) in [6.45, 7) is 3.51. The third kappa shape index (κ3) is 3.09. The molecule has 5 heteroatoms. The summed E-state index contributed by atoms with van der Waals surface area (Å²) < 4.78 is 18.9. The lowest BCUT2D eigenvalue weighted by atomic mass is 9.96. The Hall–Kier alpha value is -1.46. The van der Waals surface area contributed by atoms with E-state index < -0.39 is 0 Å². The summed E-state index contributed by atoms with van der Waals surface area (Å²) in [6, 6.07) is 4.53. The van der Waals surface area contributed by atoms with Crippen LogP contribution in [0.4, 0.5) is 4.39 Å². The zero-order chi connectivity index (χ0) is 14.8. The van der Waals surface area contributed by atoms with Gasteiger partial charge in [-0.2, -0.15) is 0 Å². The minimum absolute atomic E-state index is 0.162. The number of rotatable bonds is 4. The monoisotopic (exact) mass is 292 g/mol. The van der Waals surface area contributed by atoms with Gasteiger partial charge in [-0.05, 0) is 37.9 Å². The maximum absolute atomic E-state index is 13.2. The van der Waals surface area contributed by atoms with E-state index in [4.69, 9.17) is 4.42 Å². The smallest absolute Gasteiger partial charge is 0.209 e. The van der Waals surface area contributed by atoms with Crippen molar-refractivity contribution in [3.8, 4) is 0 Å². The van der Waals surface area contributed by atoms with Crippen LogP contribution in [0.3, 0.4) is 0 Å². The molecular formula is C16H21FN2O2. The average Bonchev–Trinajstić information content (AvgIpc) is 2.88. The van der Waals surface area contributed by atoms with E-state index in [9.17, 15) is 9.50 Å². The van der Waals surface area contributed by atoms with E-state index in [-0.39, 0.29) is 18.0 Å². The molecule has 1 aliphatic rings. The summed E-state index contributed by atoms with van der Waals surface area (Å²) in [4.78, 5) is 6.59. The number of likely N-dealkylation sites (tertiary alicyclic amines) is 1. The Kier molecular flexibility index (Phi) is 4.22. The van der Waals surface area contributed by atoms with E-state index in [1.54, 1.807) is 6.07 Å². The Morgan fingerprint density at radius 2 is 2.33 bits per heavy atom. The van der Waals surface area contributed by atoms with Crippen LogP contribution < -0.4 is 0 Å². The van der Waals surface area contributed by atoms with E-state index in [1.165, 1.54) is 12.1 Å². The number of halogens is 1. The van der Waals surface area contributed by atoms with Crippen LogP contribution in [-0.4, -0.2) is 33.7 Å². The first-order chi connectivity index (χ1) is 10.2. The number of fused-ring (bicyclic) bond motifs is 1. The van der Waals surface area contributed by atoms with Gasteiger partial charge in [0, 0.05) is 12.1 Å². The van der Waals surface area contributed by atoms with E-state index in [2.05, 4.69) is 9.88 Å². The standard InChI is InChI=1S/C16H21FN2O2/c1-2-14(20)13-5-3-4-8-19(13)10-16-18-12-9-11(17)6-7-15(12)21-16/h6-7,9,13-14,20H,2-5,8,10H2,1H3. The minimum Gasteiger partial charge on any atom is -0.439 e. The number of piperidine rings is 1. The van der Waals surface area contributed by atoms with Gasteiger partial charge in [-0.25, -0.2) is 9.37 Å². The highest BCUT2D eigenvalue weighted by molar-refractivity contribution is 5.72. The highest BCUT2D eigenvalue weighted by atomic mass is 19.1. The first-order valence-electron chi connectivity index (χ1n) is 7.64. The lowest BCUT2D eigenvalue weighted by Crippen LogP contribution is -2.46. The van der Waals surface area contributed by atoms with Crippen LogP contribution in [0.15, 0.2) is 22.6 Å².